The number of aromatic amines is 1. The summed E-state index contributed by atoms with van der Waals surface area (Å²) in [6, 6.07) is 1.85. The van der Waals surface area contributed by atoms with Gasteiger partial charge in [0, 0.05) is 19.0 Å². The molecule has 0 unspecified atom stereocenters. The average molecular weight is 189 g/mol. The summed E-state index contributed by atoms with van der Waals surface area (Å²) in [6.45, 7) is 1.59. The molecule has 4 nitrogen and oxygen atoms in total. The molecule has 2 rings (SSSR count). The zero-order valence-corrected chi connectivity index (χ0v) is 7.95. The fourth-order valence-electron chi connectivity index (χ4n) is 1.32. The molecule has 72 valence electrons. The van der Waals surface area contributed by atoms with Crippen LogP contribution >= 0.6 is 0 Å². The minimum Gasteiger partial charge on any atom is -0.341 e. The highest BCUT2D eigenvalue weighted by atomic mass is 16.1. The van der Waals surface area contributed by atoms with Crippen molar-refractivity contribution in [3.63, 3.8) is 0 Å². The highest BCUT2D eigenvalue weighted by Crippen LogP contribution is 2.09. The molecule has 4 heteroatoms. The number of aryl methyl sites for hydroxylation is 1. The molecule has 0 fully saturated rings. The van der Waals surface area contributed by atoms with Crippen LogP contribution in [0.3, 0.4) is 0 Å². The van der Waals surface area contributed by atoms with Crippen LogP contribution in [0.5, 0.6) is 0 Å². The molecule has 1 N–H and O–H groups in total. The molecule has 0 atom stereocenters. The maximum atomic E-state index is 10.8. The summed E-state index contributed by atoms with van der Waals surface area (Å²) < 4.78 is 0. The molecule has 0 spiro atoms. The SMILES string of the molecule is CC(=O)CCc1nc2ccncc2[nH]1. The van der Waals surface area contributed by atoms with Gasteiger partial charge in [-0.25, -0.2) is 4.98 Å². The smallest absolute Gasteiger partial charge is 0.130 e. The van der Waals surface area contributed by atoms with Crippen LogP contribution in [0.25, 0.3) is 11.0 Å². The van der Waals surface area contributed by atoms with Gasteiger partial charge in [-0.3, -0.25) is 4.98 Å². The first-order chi connectivity index (χ1) is 6.75. The molecular formula is C10H11N3O. The quantitative estimate of drug-likeness (QED) is 0.795. The van der Waals surface area contributed by atoms with E-state index in [9.17, 15) is 4.79 Å². The predicted octanol–water partition coefficient (Wildman–Crippen LogP) is 1.48. The van der Waals surface area contributed by atoms with Crippen LogP contribution < -0.4 is 0 Å². The van der Waals surface area contributed by atoms with Gasteiger partial charge in [0.25, 0.3) is 0 Å². The zero-order valence-electron chi connectivity index (χ0n) is 7.95. The van der Waals surface area contributed by atoms with Gasteiger partial charge in [0.1, 0.15) is 11.6 Å². The summed E-state index contributed by atoms with van der Waals surface area (Å²) in [7, 11) is 0. The summed E-state index contributed by atoms with van der Waals surface area (Å²) in [4.78, 5) is 22.2. The van der Waals surface area contributed by atoms with E-state index in [0.717, 1.165) is 16.9 Å². The maximum Gasteiger partial charge on any atom is 0.130 e. The molecule has 2 heterocycles. The first-order valence-corrected chi connectivity index (χ1v) is 4.54. The minimum atomic E-state index is 0.184. The Labute approximate surface area is 81.4 Å². The van der Waals surface area contributed by atoms with Crippen LogP contribution in [0.2, 0.25) is 0 Å². The molecule has 0 aliphatic rings. The molecule has 0 bridgehead atoms. The van der Waals surface area contributed by atoms with E-state index in [0.29, 0.717) is 12.8 Å². The number of carbonyl (C=O) groups is 1. The lowest BCUT2D eigenvalue weighted by molar-refractivity contribution is -0.117. The largest absolute Gasteiger partial charge is 0.341 e. The zero-order chi connectivity index (χ0) is 9.97. The number of carbonyl (C=O) groups excluding carboxylic acids is 1. The standard InChI is InChI=1S/C10H11N3O/c1-7(14)2-3-10-12-8-4-5-11-6-9(8)13-10/h4-6H,2-3H2,1H3,(H,12,13). The molecular weight excluding hydrogens is 178 g/mol. The van der Waals surface area contributed by atoms with Crippen LogP contribution in [0.4, 0.5) is 0 Å². The molecule has 0 aromatic carbocycles. The first-order valence-electron chi connectivity index (χ1n) is 4.54. The van der Waals surface area contributed by atoms with Crippen molar-refractivity contribution in [1.29, 1.82) is 0 Å². The van der Waals surface area contributed by atoms with Crippen molar-refractivity contribution in [2.45, 2.75) is 19.8 Å². The Hall–Kier alpha value is -1.71. The minimum absolute atomic E-state index is 0.184. The molecule has 0 aliphatic heterocycles. The van der Waals surface area contributed by atoms with Crippen molar-refractivity contribution in [3.8, 4) is 0 Å². The molecule has 0 amide bonds. The Morgan fingerprint density at radius 3 is 3.14 bits per heavy atom. The van der Waals surface area contributed by atoms with Gasteiger partial charge < -0.3 is 9.78 Å². The monoisotopic (exact) mass is 189 g/mol. The highest BCUT2D eigenvalue weighted by molar-refractivity contribution is 5.76. The Bertz CT molecular complexity index is 428. The summed E-state index contributed by atoms with van der Waals surface area (Å²) in [5.41, 5.74) is 1.82. The number of imidazole rings is 1. The number of rotatable bonds is 3. The average Bonchev–Trinajstić information content (AvgIpc) is 2.57. The summed E-state index contributed by atoms with van der Waals surface area (Å²) in [5.74, 6) is 1.03. The third-order valence-corrected chi connectivity index (χ3v) is 2.05. The summed E-state index contributed by atoms with van der Waals surface area (Å²) in [6.07, 6.45) is 4.65. The number of ketones is 1. The number of aromatic nitrogens is 3. The summed E-state index contributed by atoms with van der Waals surface area (Å²) >= 11 is 0. The van der Waals surface area contributed by atoms with E-state index < -0.39 is 0 Å². The lowest BCUT2D eigenvalue weighted by Crippen LogP contribution is -1.95. The Morgan fingerprint density at radius 1 is 1.57 bits per heavy atom. The molecule has 2 aromatic rings. The van der Waals surface area contributed by atoms with Crippen molar-refractivity contribution in [2.24, 2.45) is 0 Å². The third-order valence-electron chi connectivity index (χ3n) is 2.05. The molecule has 2 aromatic heterocycles. The lowest BCUT2D eigenvalue weighted by Gasteiger charge is -1.90. The molecule has 0 aliphatic carbocycles. The number of nitrogens with zero attached hydrogens (tertiary/aromatic N) is 2. The number of pyridine rings is 1. The van der Waals surface area contributed by atoms with Gasteiger partial charge in [0.2, 0.25) is 0 Å². The van der Waals surface area contributed by atoms with Gasteiger partial charge in [-0.2, -0.15) is 0 Å². The van der Waals surface area contributed by atoms with E-state index in [1.54, 1.807) is 19.3 Å². The topological polar surface area (TPSA) is 58.6 Å². The van der Waals surface area contributed by atoms with Gasteiger partial charge in [0.15, 0.2) is 0 Å². The molecule has 0 radical (unpaired) electrons. The second kappa shape index (κ2) is 3.57. The van der Waals surface area contributed by atoms with Gasteiger partial charge in [-0.1, -0.05) is 0 Å². The highest BCUT2D eigenvalue weighted by Gasteiger charge is 2.02. The van der Waals surface area contributed by atoms with Crippen LogP contribution in [-0.2, 0) is 11.2 Å². The number of H-pyrrole nitrogens is 1. The number of Topliss-reactive ketones (excluding diaryl/α,β-unsaturated/α-hetero) is 1. The predicted molar refractivity (Wildman–Crippen MR) is 52.9 cm³/mol. The van der Waals surface area contributed by atoms with Gasteiger partial charge >= 0.3 is 0 Å². The van der Waals surface area contributed by atoms with Crippen LogP contribution in [0, 0.1) is 0 Å². The molecule has 14 heavy (non-hydrogen) atoms. The van der Waals surface area contributed by atoms with E-state index in [1.807, 2.05) is 6.07 Å². The van der Waals surface area contributed by atoms with E-state index in [2.05, 4.69) is 15.0 Å². The number of hydrogen-bond acceptors (Lipinski definition) is 3. The Kier molecular flexibility index (Phi) is 2.26. The number of hydrogen-bond donors (Lipinski definition) is 1. The second-order valence-corrected chi connectivity index (χ2v) is 3.28. The normalized spacial score (nSPS) is 10.6. The molecule has 0 saturated carbocycles. The summed E-state index contributed by atoms with van der Waals surface area (Å²) in [5, 5.41) is 0. The third kappa shape index (κ3) is 1.79. The Balaban J connectivity index is 2.22. The van der Waals surface area contributed by atoms with E-state index in [4.69, 9.17) is 0 Å². The fourth-order valence-corrected chi connectivity index (χ4v) is 1.32. The van der Waals surface area contributed by atoms with Crippen LogP contribution in [0.15, 0.2) is 18.5 Å². The van der Waals surface area contributed by atoms with Crippen molar-refractivity contribution in [3.05, 3.63) is 24.3 Å². The van der Waals surface area contributed by atoms with Crippen LogP contribution in [-0.4, -0.2) is 20.7 Å². The maximum absolute atomic E-state index is 10.8. The van der Waals surface area contributed by atoms with Gasteiger partial charge in [0.05, 0.1) is 17.2 Å². The molecule has 0 saturated heterocycles. The van der Waals surface area contributed by atoms with E-state index in [1.165, 1.54) is 0 Å². The Morgan fingerprint density at radius 2 is 2.43 bits per heavy atom. The van der Waals surface area contributed by atoms with Gasteiger partial charge in [-0.05, 0) is 13.0 Å². The van der Waals surface area contributed by atoms with Gasteiger partial charge in [-0.15, -0.1) is 0 Å². The second-order valence-electron chi connectivity index (χ2n) is 3.28. The fraction of sp³-hybridized carbons (Fsp3) is 0.300. The first kappa shape index (κ1) is 8.87. The number of fused-ring (bicyclic) bond motifs is 1. The van der Waals surface area contributed by atoms with Crippen molar-refractivity contribution < 1.29 is 4.79 Å². The van der Waals surface area contributed by atoms with Crippen molar-refractivity contribution >= 4 is 16.8 Å². The van der Waals surface area contributed by atoms with E-state index in [-0.39, 0.29) is 5.78 Å². The van der Waals surface area contributed by atoms with Crippen LogP contribution in [0.1, 0.15) is 19.2 Å². The van der Waals surface area contributed by atoms with E-state index >= 15 is 0 Å². The van der Waals surface area contributed by atoms with Crippen molar-refractivity contribution in [2.75, 3.05) is 0 Å². The number of nitrogens with one attached hydrogen (secondary N) is 1. The van der Waals surface area contributed by atoms with Crippen molar-refractivity contribution in [1.82, 2.24) is 15.0 Å². The lowest BCUT2D eigenvalue weighted by atomic mass is 10.2.